The number of hydrogen-bond acceptors (Lipinski definition) is 5. The SMILES string of the molecule is COc1cc(N(C2CC2)C2CCN(Cc3ccccc3Cl)C2)ncn1. The van der Waals surface area contributed by atoms with Gasteiger partial charge in [-0.3, -0.25) is 4.90 Å². The summed E-state index contributed by atoms with van der Waals surface area (Å²) < 4.78 is 5.28. The predicted molar refractivity (Wildman–Crippen MR) is 99.2 cm³/mol. The summed E-state index contributed by atoms with van der Waals surface area (Å²) in [5.74, 6) is 1.61. The standard InChI is InChI=1S/C19H23ClN4O/c1-25-19-10-18(21-13-22-19)24(15-6-7-15)16-8-9-23(12-16)11-14-4-2-3-5-17(14)20/h2-5,10,13,15-16H,6-9,11-12H2,1H3. The van der Waals surface area contributed by atoms with Gasteiger partial charge in [0.15, 0.2) is 0 Å². The van der Waals surface area contributed by atoms with Gasteiger partial charge in [0.1, 0.15) is 12.1 Å². The highest BCUT2D eigenvalue weighted by atomic mass is 35.5. The quantitative estimate of drug-likeness (QED) is 0.791. The number of nitrogens with zero attached hydrogens (tertiary/aromatic N) is 4. The Morgan fingerprint density at radius 1 is 1.20 bits per heavy atom. The topological polar surface area (TPSA) is 41.5 Å². The first kappa shape index (κ1) is 16.6. The maximum atomic E-state index is 6.32. The van der Waals surface area contributed by atoms with E-state index in [1.807, 2.05) is 18.2 Å². The molecule has 2 heterocycles. The van der Waals surface area contributed by atoms with Crippen molar-refractivity contribution in [3.63, 3.8) is 0 Å². The number of rotatable bonds is 6. The van der Waals surface area contributed by atoms with E-state index in [-0.39, 0.29) is 0 Å². The number of aromatic nitrogens is 2. The van der Waals surface area contributed by atoms with Crippen molar-refractivity contribution in [2.45, 2.75) is 37.9 Å². The molecule has 1 aliphatic carbocycles. The minimum atomic E-state index is 0.481. The fourth-order valence-corrected chi connectivity index (χ4v) is 3.85. The van der Waals surface area contributed by atoms with Crippen LogP contribution in [0.1, 0.15) is 24.8 Å². The molecule has 1 saturated carbocycles. The number of ether oxygens (including phenoxy) is 1. The molecular weight excluding hydrogens is 336 g/mol. The summed E-state index contributed by atoms with van der Waals surface area (Å²) in [7, 11) is 1.65. The van der Waals surface area contributed by atoms with E-state index < -0.39 is 0 Å². The second-order valence-electron chi connectivity index (χ2n) is 6.83. The summed E-state index contributed by atoms with van der Waals surface area (Å²) in [4.78, 5) is 13.6. The second kappa shape index (κ2) is 7.18. The van der Waals surface area contributed by atoms with E-state index in [1.165, 1.54) is 18.4 Å². The molecule has 25 heavy (non-hydrogen) atoms. The lowest BCUT2D eigenvalue weighted by atomic mass is 10.2. The molecule has 1 atom stereocenters. The smallest absolute Gasteiger partial charge is 0.218 e. The number of methoxy groups -OCH3 is 1. The molecule has 0 N–H and O–H groups in total. The molecule has 2 aliphatic rings. The largest absolute Gasteiger partial charge is 0.481 e. The first-order chi connectivity index (χ1) is 12.2. The van der Waals surface area contributed by atoms with Gasteiger partial charge in [0.05, 0.1) is 7.11 Å². The zero-order valence-electron chi connectivity index (χ0n) is 14.4. The first-order valence-electron chi connectivity index (χ1n) is 8.84. The average molecular weight is 359 g/mol. The Balaban J connectivity index is 1.48. The molecule has 0 bridgehead atoms. The van der Waals surface area contributed by atoms with E-state index in [1.54, 1.807) is 13.4 Å². The van der Waals surface area contributed by atoms with Gasteiger partial charge < -0.3 is 9.64 Å². The van der Waals surface area contributed by atoms with Gasteiger partial charge in [0.25, 0.3) is 0 Å². The van der Waals surface area contributed by atoms with Crippen LogP contribution in [0.15, 0.2) is 36.7 Å². The van der Waals surface area contributed by atoms with Crippen molar-refractivity contribution in [2.75, 3.05) is 25.1 Å². The summed E-state index contributed by atoms with van der Waals surface area (Å²) in [6, 6.07) is 11.2. The van der Waals surface area contributed by atoms with Crippen molar-refractivity contribution >= 4 is 17.4 Å². The van der Waals surface area contributed by atoms with Gasteiger partial charge in [-0.2, -0.15) is 0 Å². The zero-order chi connectivity index (χ0) is 17.2. The maximum Gasteiger partial charge on any atom is 0.218 e. The molecule has 6 heteroatoms. The van der Waals surface area contributed by atoms with Gasteiger partial charge >= 0.3 is 0 Å². The highest BCUT2D eigenvalue weighted by Crippen LogP contribution is 2.36. The number of likely N-dealkylation sites (tertiary alicyclic amines) is 1. The first-order valence-corrected chi connectivity index (χ1v) is 9.22. The van der Waals surface area contributed by atoms with E-state index in [9.17, 15) is 0 Å². The van der Waals surface area contributed by atoms with E-state index in [2.05, 4.69) is 31.9 Å². The van der Waals surface area contributed by atoms with Crippen LogP contribution in [0.3, 0.4) is 0 Å². The Kier molecular flexibility index (Phi) is 4.77. The molecule has 132 valence electrons. The predicted octanol–water partition coefficient (Wildman–Crippen LogP) is 3.38. The van der Waals surface area contributed by atoms with Crippen molar-refractivity contribution in [1.82, 2.24) is 14.9 Å². The van der Waals surface area contributed by atoms with Crippen LogP contribution < -0.4 is 9.64 Å². The van der Waals surface area contributed by atoms with Gasteiger partial charge in [-0.15, -0.1) is 0 Å². The molecule has 1 aliphatic heterocycles. The number of halogens is 1. The summed E-state index contributed by atoms with van der Waals surface area (Å²) in [6.45, 7) is 3.02. The van der Waals surface area contributed by atoms with Crippen LogP contribution in [0.4, 0.5) is 5.82 Å². The third kappa shape index (κ3) is 3.72. The Labute approximate surface area is 153 Å². The van der Waals surface area contributed by atoms with Crippen LogP contribution in [0.2, 0.25) is 5.02 Å². The third-order valence-electron chi connectivity index (χ3n) is 5.03. The molecular formula is C19H23ClN4O. The van der Waals surface area contributed by atoms with Crippen LogP contribution in [-0.4, -0.2) is 47.2 Å². The summed E-state index contributed by atoms with van der Waals surface area (Å²) in [5.41, 5.74) is 1.20. The monoisotopic (exact) mass is 358 g/mol. The van der Waals surface area contributed by atoms with Crippen molar-refractivity contribution in [1.29, 1.82) is 0 Å². The number of anilines is 1. The fraction of sp³-hybridized carbons (Fsp3) is 0.474. The Morgan fingerprint density at radius 3 is 2.80 bits per heavy atom. The third-order valence-corrected chi connectivity index (χ3v) is 5.40. The lowest BCUT2D eigenvalue weighted by Crippen LogP contribution is -2.39. The second-order valence-corrected chi connectivity index (χ2v) is 7.23. The highest BCUT2D eigenvalue weighted by Gasteiger charge is 2.38. The lowest BCUT2D eigenvalue weighted by molar-refractivity contribution is 0.324. The fourth-order valence-electron chi connectivity index (χ4n) is 3.66. The minimum absolute atomic E-state index is 0.481. The highest BCUT2D eigenvalue weighted by molar-refractivity contribution is 6.31. The molecule has 5 nitrogen and oxygen atoms in total. The summed E-state index contributed by atoms with van der Waals surface area (Å²) in [6.07, 6.45) is 5.23. The molecule has 2 aromatic rings. The molecule has 4 rings (SSSR count). The van der Waals surface area contributed by atoms with Gasteiger partial charge in [-0.1, -0.05) is 29.8 Å². The molecule has 1 aromatic carbocycles. The van der Waals surface area contributed by atoms with Gasteiger partial charge in [0.2, 0.25) is 5.88 Å². The van der Waals surface area contributed by atoms with Crippen molar-refractivity contribution in [2.24, 2.45) is 0 Å². The molecule has 0 radical (unpaired) electrons. The summed E-state index contributed by atoms with van der Waals surface area (Å²) >= 11 is 6.32. The maximum absolute atomic E-state index is 6.32. The van der Waals surface area contributed by atoms with Crippen molar-refractivity contribution in [3.05, 3.63) is 47.2 Å². The van der Waals surface area contributed by atoms with Gasteiger partial charge in [0, 0.05) is 42.8 Å². The van der Waals surface area contributed by atoms with Crippen LogP contribution in [-0.2, 0) is 6.54 Å². The average Bonchev–Trinajstić information content (AvgIpc) is 3.36. The summed E-state index contributed by atoms with van der Waals surface area (Å²) in [5, 5.41) is 0.852. The van der Waals surface area contributed by atoms with Crippen molar-refractivity contribution < 1.29 is 4.74 Å². The van der Waals surface area contributed by atoms with Gasteiger partial charge in [-0.25, -0.2) is 9.97 Å². The lowest BCUT2D eigenvalue weighted by Gasteiger charge is -2.30. The molecule has 1 aromatic heterocycles. The number of benzene rings is 1. The van der Waals surface area contributed by atoms with E-state index >= 15 is 0 Å². The zero-order valence-corrected chi connectivity index (χ0v) is 15.2. The normalized spacial score (nSPS) is 20.6. The molecule has 0 spiro atoms. The van der Waals surface area contributed by atoms with Crippen LogP contribution in [0.5, 0.6) is 5.88 Å². The van der Waals surface area contributed by atoms with Crippen LogP contribution in [0.25, 0.3) is 0 Å². The van der Waals surface area contributed by atoms with E-state index in [4.69, 9.17) is 16.3 Å². The molecule has 0 amide bonds. The van der Waals surface area contributed by atoms with Crippen LogP contribution >= 0.6 is 11.6 Å². The molecule has 1 unspecified atom stereocenters. The van der Waals surface area contributed by atoms with Crippen LogP contribution in [0, 0.1) is 0 Å². The molecule has 2 fully saturated rings. The van der Waals surface area contributed by atoms with E-state index in [0.29, 0.717) is 18.0 Å². The Bertz CT molecular complexity index is 737. The van der Waals surface area contributed by atoms with Gasteiger partial charge in [-0.05, 0) is 30.9 Å². The molecule has 1 saturated heterocycles. The minimum Gasteiger partial charge on any atom is -0.481 e. The van der Waals surface area contributed by atoms with E-state index in [0.717, 1.165) is 36.9 Å². The Hall–Kier alpha value is -1.85. The van der Waals surface area contributed by atoms with Crippen molar-refractivity contribution in [3.8, 4) is 5.88 Å². The number of hydrogen-bond donors (Lipinski definition) is 0. The Morgan fingerprint density at radius 2 is 2.04 bits per heavy atom.